The van der Waals surface area contributed by atoms with Crippen molar-refractivity contribution in [3.8, 4) is 0 Å². The normalized spacial score (nSPS) is 20.5. The molecule has 2 N–H and O–H groups in total. The second kappa shape index (κ2) is 7.22. The third kappa shape index (κ3) is 3.54. The predicted octanol–water partition coefficient (Wildman–Crippen LogP) is 2.51. The number of aromatic nitrogens is 1. The number of nitrogens with zero attached hydrogens (tertiary/aromatic N) is 1. The fraction of sp³-hybridized carbons (Fsp3) is 0.450. The van der Waals surface area contributed by atoms with Crippen LogP contribution in [0.1, 0.15) is 49.9 Å². The number of hydrogen-bond donors (Lipinski definition) is 2. The number of para-hydroxylation sites is 1. The summed E-state index contributed by atoms with van der Waals surface area (Å²) in [6.45, 7) is 5.90. The van der Waals surface area contributed by atoms with E-state index in [2.05, 4.69) is 55.2 Å². The number of benzene rings is 1. The van der Waals surface area contributed by atoms with E-state index in [9.17, 15) is 4.79 Å². The average Bonchev–Trinajstić information content (AvgIpc) is 3.16. The molecule has 1 aromatic heterocycles. The molecule has 2 heterocycles. The van der Waals surface area contributed by atoms with Crippen LogP contribution in [0.4, 0.5) is 5.69 Å². The first-order valence-electron chi connectivity index (χ1n) is 8.91. The molecular formula is C20H28N3O+. The second-order valence-electron chi connectivity index (χ2n) is 7.11. The highest BCUT2D eigenvalue weighted by Crippen LogP contribution is 2.23. The van der Waals surface area contributed by atoms with Gasteiger partial charge in [-0.15, -0.1) is 0 Å². The van der Waals surface area contributed by atoms with Crippen molar-refractivity contribution >= 4 is 11.6 Å². The predicted molar refractivity (Wildman–Crippen MR) is 97.2 cm³/mol. The first-order valence-corrected chi connectivity index (χ1v) is 8.91. The lowest BCUT2D eigenvalue weighted by molar-refractivity contribution is -0.910. The molecule has 4 nitrogen and oxygen atoms in total. The summed E-state index contributed by atoms with van der Waals surface area (Å²) >= 11 is 0. The number of hydrogen-bond acceptors (Lipinski definition) is 1. The van der Waals surface area contributed by atoms with Crippen LogP contribution in [0.5, 0.6) is 0 Å². The molecule has 1 aliphatic rings. The van der Waals surface area contributed by atoms with Gasteiger partial charge in [0.2, 0.25) is 0 Å². The van der Waals surface area contributed by atoms with Crippen LogP contribution in [0.2, 0.25) is 0 Å². The fourth-order valence-corrected chi connectivity index (χ4v) is 3.83. The van der Waals surface area contributed by atoms with E-state index in [-0.39, 0.29) is 5.91 Å². The van der Waals surface area contributed by atoms with E-state index in [0.29, 0.717) is 18.5 Å². The lowest BCUT2D eigenvalue weighted by Crippen LogP contribution is -3.11. The van der Waals surface area contributed by atoms with Crippen LogP contribution in [0.15, 0.2) is 42.6 Å². The third-order valence-electron chi connectivity index (χ3n) is 5.07. The van der Waals surface area contributed by atoms with Gasteiger partial charge in [0, 0.05) is 31.8 Å². The maximum Gasteiger partial charge on any atom is 0.279 e. The Balaban J connectivity index is 1.68. The summed E-state index contributed by atoms with van der Waals surface area (Å²) in [7, 11) is 2.09. The Labute approximate surface area is 144 Å². The highest BCUT2D eigenvalue weighted by atomic mass is 16.2. The van der Waals surface area contributed by atoms with Crippen LogP contribution >= 0.6 is 0 Å². The van der Waals surface area contributed by atoms with Gasteiger partial charge in [-0.3, -0.25) is 4.79 Å². The Bertz CT molecular complexity index is 704. The Morgan fingerprint density at radius 1 is 1.29 bits per heavy atom. The van der Waals surface area contributed by atoms with Crippen molar-refractivity contribution in [3.63, 3.8) is 0 Å². The van der Waals surface area contributed by atoms with Gasteiger partial charge in [0.1, 0.15) is 6.04 Å². The largest absolute Gasteiger partial charge is 0.350 e. The van der Waals surface area contributed by atoms with Crippen molar-refractivity contribution in [2.24, 2.45) is 7.05 Å². The minimum atomic E-state index is 0.110. The smallest absolute Gasteiger partial charge is 0.279 e. The van der Waals surface area contributed by atoms with Gasteiger partial charge in [0.25, 0.3) is 5.91 Å². The van der Waals surface area contributed by atoms with Gasteiger partial charge in [0.05, 0.1) is 12.2 Å². The Morgan fingerprint density at radius 2 is 2.08 bits per heavy atom. The summed E-state index contributed by atoms with van der Waals surface area (Å²) in [4.78, 5) is 14.0. The SMILES string of the molecule is CC(C)c1ccccc1NC(=O)C[NH+]1CCC[C@@H]1c1cccn1C. The van der Waals surface area contributed by atoms with Gasteiger partial charge in [0.15, 0.2) is 6.54 Å². The molecule has 0 radical (unpaired) electrons. The van der Waals surface area contributed by atoms with Crippen molar-refractivity contribution in [2.45, 2.75) is 38.6 Å². The summed E-state index contributed by atoms with van der Waals surface area (Å²) < 4.78 is 2.18. The standard InChI is InChI=1S/C20H27N3O/c1-15(2)16-8-4-5-9-17(16)21-20(24)14-23-13-7-11-19(23)18-10-6-12-22(18)3/h4-6,8-10,12,15,19H,7,11,13-14H2,1-3H3,(H,21,24)/p+1/t19-/m1/s1. The highest BCUT2D eigenvalue weighted by Gasteiger charge is 2.33. The van der Waals surface area contributed by atoms with Gasteiger partial charge in [-0.25, -0.2) is 0 Å². The van der Waals surface area contributed by atoms with E-state index in [4.69, 9.17) is 0 Å². The van der Waals surface area contributed by atoms with Crippen LogP contribution in [-0.2, 0) is 11.8 Å². The van der Waals surface area contributed by atoms with Gasteiger partial charge in [-0.2, -0.15) is 0 Å². The van der Waals surface area contributed by atoms with Crippen LogP contribution < -0.4 is 10.2 Å². The molecule has 1 saturated heterocycles. The maximum atomic E-state index is 12.6. The molecule has 1 fully saturated rings. The molecule has 1 aliphatic heterocycles. The molecule has 0 bridgehead atoms. The van der Waals surface area contributed by atoms with Gasteiger partial charge < -0.3 is 14.8 Å². The van der Waals surface area contributed by atoms with Crippen LogP contribution in [0.25, 0.3) is 0 Å². The summed E-state index contributed by atoms with van der Waals surface area (Å²) in [5, 5.41) is 3.13. The quantitative estimate of drug-likeness (QED) is 0.870. The molecule has 2 aromatic rings. The summed E-state index contributed by atoms with van der Waals surface area (Å²) in [6.07, 6.45) is 4.42. The molecule has 1 amide bonds. The van der Waals surface area contributed by atoms with Crippen molar-refractivity contribution < 1.29 is 9.69 Å². The lowest BCUT2D eigenvalue weighted by atomic mass is 10.0. The summed E-state index contributed by atoms with van der Waals surface area (Å²) in [6, 6.07) is 12.8. The van der Waals surface area contributed by atoms with Gasteiger partial charge in [-0.1, -0.05) is 32.0 Å². The van der Waals surface area contributed by atoms with Gasteiger partial charge in [-0.05, 0) is 29.7 Å². The Morgan fingerprint density at radius 3 is 2.79 bits per heavy atom. The molecule has 1 unspecified atom stereocenters. The van der Waals surface area contributed by atoms with Crippen molar-refractivity contribution in [1.82, 2.24) is 4.57 Å². The van der Waals surface area contributed by atoms with Crippen LogP contribution in [-0.4, -0.2) is 23.6 Å². The van der Waals surface area contributed by atoms with Crippen LogP contribution in [0, 0.1) is 0 Å². The number of carbonyl (C=O) groups is 1. The number of likely N-dealkylation sites (tertiary alicyclic amines) is 1. The zero-order valence-corrected chi connectivity index (χ0v) is 14.9. The Hall–Kier alpha value is -2.07. The first kappa shape index (κ1) is 16.8. The fourth-order valence-electron chi connectivity index (χ4n) is 3.83. The average molecular weight is 326 g/mol. The van der Waals surface area contributed by atoms with Crippen molar-refractivity contribution in [1.29, 1.82) is 0 Å². The molecule has 1 aromatic carbocycles. The number of aryl methyl sites for hydroxylation is 1. The molecule has 3 rings (SSSR count). The van der Waals surface area contributed by atoms with E-state index in [1.807, 2.05) is 18.2 Å². The molecule has 4 heteroatoms. The number of quaternary nitrogens is 1. The van der Waals surface area contributed by atoms with E-state index >= 15 is 0 Å². The number of amides is 1. The topological polar surface area (TPSA) is 38.5 Å². The maximum absolute atomic E-state index is 12.6. The number of anilines is 1. The molecule has 24 heavy (non-hydrogen) atoms. The molecule has 2 atom stereocenters. The Kier molecular flexibility index (Phi) is 5.05. The van der Waals surface area contributed by atoms with Crippen LogP contribution in [0.3, 0.4) is 0 Å². The van der Waals surface area contributed by atoms with E-state index in [0.717, 1.165) is 18.7 Å². The molecule has 128 valence electrons. The van der Waals surface area contributed by atoms with Gasteiger partial charge >= 0.3 is 0 Å². The monoisotopic (exact) mass is 326 g/mol. The minimum Gasteiger partial charge on any atom is -0.350 e. The molecule has 0 aliphatic carbocycles. The third-order valence-corrected chi connectivity index (χ3v) is 5.07. The molecule has 0 saturated carbocycles. The number of rotatable bonds is 5. The summed E-state index contributed by atoms with van der Waals surface area (Å²) in [5.74, 6) is 0.510. The summed E-state index contributed by atoms with van der Waals surface area (Å²) in [5.41, 5.74) is 3.48. The molecule has 0 spiro atoms. The zero-order chi connectivity index (χ0) is 17.1. The van der Waals surface area contributed by atoms with E-state index in [1.165, 1.54) is 22.6 Å². The number of nitrogens with one attached hydrogen (secondary N) is 2. The lowest BCUT2D eigenvalue weighted by Gasteiger charge is -2.22. The van der Waals surface area contributed by atoms with Crippen molar-refractivity contribution in [3.05, 3.63) is 53.9 Å². The minimum absolute atomic E-state index is 0.110. The van der Waals surface area contributed by atoms with E-state index in [1.54, 1.807) is 0 Å². The number of carbonyl (C=O) groups excluding carboxylic acids is 1. The highest BCUT2D eigenvalue weighted by molar-refractivity contribution is 5.92. The first-order chi connectivity index (χ1) is 11.6. The second-order valence-corrected chi connectivity index (χ2v) is 7.11. The van der Waals surface area contributed by atoms with Crippen molar-refractivity contribution in [2.75, 3.05) is 18.4 Å². The van der Waals surface area contributed by atoms with E-state index < -0.39 is 0 Å². The molecular weight excluding hydrogens is 298 g/mol. The zero-order valence-electron chi connectivity index (χ0n) is 14.9.